The van der Waals surface area contributed by atoms with Gasteiger partial charge in [-0.1, -0.05) is 6.92 Å². The maximum atomic E-state index is 12.2. The van der Waals surface area contributed by atoms with Gasteiger partial charge in [-0.3, -0.25) is 4.79 Å². The Morgan fingerprint density at radius 1 is 1.50 bits per heavy atom. The van der Waals surface area contributed by atoms with Crippen molar-refractivity contribution in [1.29, 1.82) is 0 Å². The SMILES string of the molecule is CC1CCN(CC(O)CNC(=O)C2(C)CCCS2)CC1. The Balaban J connectivity index is 1.67. The molecule has 2 N–H and O–H groups in total. The highest BCUT2D eigenvalue weighted by atomic mass is 32.2. The number of rotatable bonds is 5. The molecule has 5 heteroatoms. The molecule has 0 bridgehead atoms. The summed E-state index contributed by atoms with van der Waals surface area (Å²) in [6, 6.07) is 0. The Morgan fingerprint density at radius 2 is 2.20 bits per heavy atom. The Morgan fingerprint density at radius 3 is 2.80 bits per heavy atom. The van der Waals surface area contributed by atoms with Crippen molar-refractivity contribution in [3.05, 3.63) is 0 Å². The van der Waals surface area contributed by atoms with E-state index in [1.54, 1.807) is 11.8 Å². The van der Waals surface area contributed by atoms with Gasteiger partial charge in [-0.15, -0.1) is 11.8 Å². The number of amides is 1. The van der Waals surface area contributed by atoms with E-state index in [0.29, 0.717) is 13.1 Å². The predicted molar refractivity (Wildman–Crippen MR) is 84.0 cm³/mol. The van der Waals surface area contributed by atoms with Crippen LogP contribution in [0.1, 0.15) is 39.5 Å². The van der Waals surface area contributed by atoms with Crippen LogP contribution < -0.4 is 5.32 Å². The Hall–Kier alpha value is -0.260. The molecule has 2 saturated heterocycles. The van der Waals surface area contributed by atoms with Crippen LogP contribution in [-0.4, -0.2) is 58.7 Å². The number of thioether (sulfide) groups is 1. The number of likely N-dealkylation sites (tertiary alicyclic amines) is 1. The molecule has 2 unspecified atom stereocenters. The summed E-state index contributed by atoms with van der Waals surface area (Å²) in [6.07, 6.45) is 4.04. The van der Waals surface area contributed by atoms with E-state index in [9.17, 15) is 9.90 Å². The van der Waals surface area contributed by atoms with Gasteiger partial charge in [-0.2, -0.15) is 0 Å². The molecule has 1 amide bonds. The van der Waals surface area contributed by atoms with Crippen molar-refractivity contribution < 1.29 is 9.90 Å². The second-order valence-electron chi connectivity index (χ2n) is 6.53. The summed E-state index contributed by atoms with van der Waals surface area (Å²) in [7, 11) is 0. The number of hydrogen-bond acceptors (Lipinski definition) is 4. The van der Waals surface area contributed by atoms with Crippen molar-refractivity contribution in [3.63, 3.8) is 0 Å². The van der Waals surface area contributed by atoms with E-state index >= 15 is 0 Å². The smallest absolute Gasteiger partial charge is 0.236 e. The molecule has 0 aromatic rings. The molecule has 0 aliphatic carbocycles. The Bertz CT molecular complexity index is 324. The van der Waals surface area contributed by atoms with E-state index in [1.165, 1.54) is 12.8 Å². The molecule has 2 aliphatic heterocycles. The normalized spacial score (nSPS) is 30.4. The number of nitrogens with one attached hydrogen (secondary N) is 1. The first kappa shape index (κ1) is 16.1. The standard InChI is InChI=1S/C15H28N2O2S/c1-12-4-7-17(8-5-12)11-13(18)10-16-14(19)15(2)6-3-9-20-15/h12-13,18H,3-11H2,1-2H3,(H,16,19). The van der Waals surface area contributed by atoms with E-state index in [4.69, 9.17) is 0 Å². The van der Waals surface area contributed by atoms with Gasteiger partial charge in [0, 0.05) is 13.1 Å². The number of hydrogen-bond donors (Lipinski definition) is 2. The second kappa shape index (κ2) is 7.14. The zero-order valence-electron chi connectivity index (χ0n) is 12.7. The van der Waals surface area contributed by atoms with E-state index in [0.717, 1.165) is 37.6 Å². The van der Waals surface area contributed by atoms with Gasteiger partial charge in [0.05, 0.1) is 10.9 Å². The van der Waals surface area contributed by atoms with Crippen LogP contribution in [0.25, 0.3) is 0 Å². The largest absolute Gasteiger partial charge is 0.390 e. The second-order valence-corrected chi connectivity index (χ2v) is 8.13. The van der Waals surface area contributed by atoms with Crippen LogP contribution in [0, 0.1) is 5.92 Å². The molecule has 4 nitrogen and oxygen atoms in total. The molecule has 2 rings (SSSR count). The van der Waals surface area contributed by atoms with Crippen molar-refractivity contribution in [2.45, 2.75) is 50.4 Å². The third-order valence-corrected chi connectivity index (χ3v) is 6.06. The van der Waals surface area contributed by atoms with E-state index in [1.807, 2.05) is 6.92 Å². The van der Waals surface area contributed by atoms with E-state index < -0.39 is 6.10 Å². The van der Waals surface area contributed by atoms with Gasteiger partial charge in [0.2, 0.25) is 5.91 Å². The topological polar surface area (TPSA) is 52.6 Å². The third-order valence-electron chi connectivity index (χ3n) is 4.54. The summed E-state index contributed by atoms with van der Waals surface area (Å²) in [4.78, 5) is 14.5. The van der Waals surface area contributed by atoms with Gasteiger partial charge < -0.3 is 15.3 Å². The predicted octanol–water partition coefficient (Wildman–Crippen LogP) is 1.48. The zero-order chi connectivity index (χ0) is 14.6. The lowest BCUT2D eigenvalue weighted by atomic mass is 9.99. The van der Waals surface area contributed by atoms with Crippen molar-refractivity contribution in [2.75, 3.05) is 31.9 Å². The summed E-state index contributed by atoms with van der Waals surface area (Å²) in [5.74, 6) is 1.96. The van der Waals surface area contributed by atoms with Gasteiger partial charge in [0.15, 0.2) is 0 Å². The highest BCUT2D eigenvalue weighted by Gasteiger charge is 2.37. The highest BCUT2D eigenvalue weighted by Crippen LogP contribution is 2.37. The Labute approximate surface area is 126 Å². The fourth-order valence-electron chi connectivity index (χ4n) is 2.96. The summed E-state index contributed by atoms with van der Waals surface area (Å²) in [6.45, 7) is 7.49. The molecule has 0 saturated carbocycles. The summed E-state index contributed by atoms with van der Waals surface area (Å²) in [5.41, 5.74) is 0. The first-order valence-electron chi connectivity index (χ1n) is 7.82. The molecule has 116 valence electrons. The average Bonchev–Trinajstić information content (AvgIpc) is 2.87. The molecule has 0 radical (unpaired) electrons. The number of aliphatic hydroxyl groups excluding tert-OH is 1. The maximum Gasteiger partial charge on any atom is 0.236 e. The van der Waals surface area contributed by atoms with Crippen LogP contribution in [-0.2, 0) is 4.79 Å². The minimum Gasteiger partial charge on any atom is -0.390 e. The average molecular weight is 300 g/mol. The van der Waals surface area contributed by atoms with Crippen molar-refractivity contribution >= 4 is 17.7 Å². The maximum absolute atomic E-state index is 12.2. The van der Waals surface area contributed by atoms with Gasteiger partial charge in [-0.05, 0) is 57.4 Å². The molecule has 0 aromatic carbocycles. The monoisotopic (exact) mass is 300 g/mol. The Kier molecular flexibility index (Phi) is 5.75. The molecule has 2 atom stereocenters. The van der Waals surface area contributed by atoms with Gasteiger partial charge in [0.25, 0.3) is 0 Å². The zero-order valence-corrected chi connectivity index (χ0v) is 13.5. The first-order chi connectivity index (χ1) is 9.49. The molecule has 0 spiro atoms. The van der Waals surface area contributed by atoms with Crippen molar-refractivity contribution in [2.24, 2.45) is 5.92 Å². The number of piperidine rings is 1. The third kappa shape index (κ3) is 4.37. The van der Waals surface area contributed by atoms with Gasteiger partial charge in [-0.25, -0.2) is 0 Å². The van der Waals surface area contributed by atoms with Crippen LogP contribution in [0.2, 0.25) is 0 Å². The number of carbonyl (C=O) groups excluding carboxylic acids is 1. The van der Waals surface area contributed by atoms with Crippen LogP contribution in [0.3, 0.4) is 0 Å². The fraction of sp³-hybridized carbons (Fsp3) is 0.933. The number of carbonyl (C=O) groups is 1. The summed E-state index contributed by atoms with van der Waals surface area (Å²) < 4.78 is -0.278. The minimum absolute atomic E-state index is 0.0892. The summed E-state index contributed by atoms with van der Waals surface area (Å²) in [5, 5.41) is 13.0. The molecule has 20 heavy (non-hydrogen) atoms. The van der Waals surface area contributed by atoms with E-state index in [2.05, 4.69) is 17.1 Å². The van der Waals surface area contributed by atoms with Gasteiger partial charge >= 0.3 is 0 Å². The lowest BCUT2D eigenvalue weighted by molar-refractivity contribution is -0.123. The number of aliphatic hydroxyl groups is 1. The fourth-order valence-corrected chi connectivity index (χ4v) is 4.19. The molecule has 0 aromatic heterocycles. The molecule has 2 fully saturated rings. The number of β-amino-alcohol motifs (C(OH)–C–C–N with tert-alkyl or cyclic N) is 1. The van der Waals surface area contributed by atoms with Crippen molar-refractivity contribution in [3.8, 4) is 0 Å². The van der Waals surface area contributed by atoms with E-state index in [-0.39, 0.29) is 10.7 Å². The molecule has 2 aliphatic rings. The molecular weight excluding hydrogens is 272 g/mol. The minimum atomic E-state index is -0.456. The van der Waals surface area contributed by atoms with Crippen molar-refractivity contribution in [1.82, 2.24) is 10.2 Å². The van der Waals surface area contributed by atoms with Crippen LogP contribution in [0.4, 0.5) is 0 Å². The van der Waals surface area contributed by atoms with Gasteiger partial charge in [0.1, 0.15) is 0 Å². The lowest BCUT2D eigenvalue weighted by Crippen LogP contribution is -2.47. The first-order valence-corrected chi connectivity index (χ1v) is 8.81. The quantitative estimate of drug-likeness (QED) is 0.807. The summed E-state index contributed by atoms with van der Waals surface area (Å²) >= 11 is 1.74. The number of nitrogens with zero attached hydrogens (tertiary/aromatic N) is 1. The van der Waals surface area contributed by atoms with Crippen LogP contribution >= 0.6 is 11.8 Å². The van der Waals surface area contributed by atoms with Crippen LogP contribution in [0.5, 0.6) is 0 Å². The lowest BCUT2D eigenvalue weighted by Gasteiger charge is -2.32. The molecule has 2 heterocycles. The molecular formula is C15H28N2O2S. The highest BCUT2D eigenvalue weighted by molar-refractivity contribution is 8.01. The van der Waals surface area contributed by atoms with Crippen LogP contribution in [0.15, 0.2) is 0 Å².